The molecule has 0 bridgehead atoms. The van der Waals surface area contributed by atoms with Gasteiger partial charge in [0.2, 0.25) is 5.90 Å². The summed E-state index contributed by atoms with van der Waals surface area (Å²) in [6.07, 6.45) is 0. The third-order valence-corrected chi connectivity index (χ3v) is 2.38. The molecule has 1 atom stereocenters. The van der Waals surface area contributed by atoms with E-state index < -0.39 is 5.38 Å². The molecule has 0 aliphatic rings. The minimum absolute atomic E-state index is 0.0451. The van der Waals surface area contributed by atoms with Crippen molar-refractivity contribution in [2.45, 2.75) is 12.3 Å². The van der Waals surface area contributed by atoms with Gasteiger partial charge in [0.1, 0.15) is 11.1 Å². The van der Waals surface area contributed by atoms with Crippen LogP contribution in [0.15, 0.2) is 24.3 Å². The van der Waals surface area contributed by atoms with Crippen LogP contribution in [0.25, 0.3) is 0 Å². The zero-order valence-electron chi connectivity index (χ0n) is 8.79. The Morgan fingerprint density at radius 3 is 2.73 bits per heavy atom. The van der Waals surface area contributed by atoms with Crippen molar-refractivity contribution in [1.82, 2.24) is 0 Å². The Bertz CT molecular complexity index is 341. The highest BCUT2D eigenvalue weighted by Crippen LogP contribution is 2.30. The third kappa shape index (κ3) is 2.86. The number of methoxy groups -OCH3 is 1. The van der Waals surface area contributed by atoms with Crippen LogP contribution in [-0.2, 0) is 4.74 Å². The number of alkyl halides is 1. The van der Waals surface area contributed by atoms with Crippen molar-refractivity contribution in [3.05, 3.63) is 29.8 Å². The summed E-state index contributed by atoms with van der Waals surface area (Å²) in [6, 6.07) is 7.34. The van der Waals surface area contributed by atoms with Crippen LogP contribution < -0.4 is 4.74 Å². The monoisotopic (exact) mass is 227 g/mol. The fourth-order valence-corrected chi connectivity index (χ4v) is 1.49. The molecule has 0 aliphatic carbocycles. The Labute approximate surface area is 94.5 Å². The second kappa shape index (κ2) is 5.61. The van der Waals surface area contributed by atoms with E-state index in [0.29, 0.717) is 12.4 Å². The predicted octanol–water partition coefficient (Wildman–Crippen LogP) is 2.99. The van der Waals surface area contributed by atoms with Gasteiger partial charge in [0.25, 0.3) is 0 Å². The van der Waals surface area contributed by atoms with Crippen molar-refractivity contribution in [2.75, 3.05) is 13.7 Å². The number of hydrogen-bond donors (Lipinski definition) is 1. The summed E-state index contributed by atoms with van der Waals surface area (Å²) in [5.74, 6) is 0.714. The Morgan fingerprint density at radius 2 is 2.13 bits per heavy atom. The van der Waals surface area contributed by atoms with Crippen molar-refractivity contribution in [2.24, 2.45) is 0 Å². The predicted molar refractivity (Wildman–Crippen MR) is 60.9 cm³/mol. The van der Waals surface area contributed by atoms with E-state index in [-0.39, 0.29) is 5.90 Å². The maximum atomic E-state index is 7.59. The van der Waals surface area contributed by atoms with E-state index in [9.17, 15) is 0 Å². The molecule has 82 valence electrons. The Hall–Kier alpha value is -1.22. The second-order valence-electron chi connectivity index (χ2n) is 2.90. The highest BCUT2D eigenvalue weighted by molar-refractivity contribution is 6.30. The summed E-state index contributed by atoms with van der Waals surface area (Å²) in [5.41, 5.74) is 0.750. The van der Waals surface area contributed by atoms with Crippen LogP contribution in [0.3, 0.4) is 0 Å². The van der Waals surface area contributed by atoms with Crippen molar-refractivity contribution < 1.29 is 9.47 Å². The van der Waals surface area contributed by atoms with Crippen LogP contribution in [0.4, 0.5) is 0 Å². The van der Waals surface area contributed by atoms with Gasteiger partial charge in [-0.3, -0.25) is 5.41 Å². The molecule has 1 unspecified atom stereocenters. The van der Waals surface area contributed by atoms with Crippen LogP contribution in [0.1, 0.15) is 17.9 Å². The number of rotatable bonds is 4. The molecule has 0 aliphatic heterocycles. The molecular weight excluding hydrogens is 214 g/mol. The number of halogens is 1. The number of para-hydroxylation sites is 1. The van der Waals surface area contributed by atoms with E-state index >= 15 is 0 Å². The molecule has 3 nitrogen and oxygen atoms in total. The summed E-state index contributed by atoms with van der Waals surface area (Å²) < 4.78 is 10.2. The molecule has 1 aromatic rings. The standard InChI is InChI=1S/C11H14ClNO2/c1-3-15-11(13)10(12)8-6-4-5-7-9(8)14-2/h4-7,10,13H,3H2,1-2H3. The minimum Gasteiger partial charge on any atom is -0.496 e. The summed E-state index contributed by atoms with van der Waals surface area (Å²) in [5, 5.41) is 7.00. The minimum atomic E-state index is -0.596. The molecule has 0 amide bonds. The molecule has 0 saturated heterocycles. The molecule has 0 heterocycles. The van der Waals surface area contributed by atoms with Gasteiger partial charge < -0.3 is 9.47 Å². The van der Waals surface area contributed by atoms with E-state index in [4.69, 9.17) is 26.5 Å². The molecule has 0 radical (unpaired) electrons. The zero-order valence-corrected chi connectivity index (χ0v) is 9.54. The van der Waals surface area contributed by atoms with E-state index in [1.165, 1.54) is 0 Å². The van der Waals surface area contributed by atoms with Gasteiger partial charge in [0, 0.05) is 5.56 Å². The molecule has 0 saturated carbocycles. The fourth-order valence-electron chi connectivity index (χ4n) is 1.25. The lowest BCUT2D eigenvalue weighted by atomic mass is 10.1. The molecule has 4 heteroatoms. The van der Waals surface area contributed by atoms with E-state index in [1.807, 2.05) is 31.2 Å². The first-order valence-corrected chi connectivity index (χ1v) is 5.12. The largest absolute Gasteiger partial charge is 0.496 e. The fraction of sp³-hybridized carbons (Fsp3) is 0.364. The van der Waals surface area contributed by atoms with E-state index in [2.05, 4.69) is 0 Å². The van der Waals surface area contributed by atoms with Gasteiger partial charge in [-0.1, -0.05) is 18.2 Å². The number of ether oxygens (including phenoxy) is 2. The summed E-state index contributed by atoms with van der Waals surface area (Å²) >= 11 is 6.09. The van der Waals surface area contributed by atoms with Crippen molar-refractivity contribution in [3.63, 3.8) is 0 Å². The second-order valence-corrected chi connectivity index (χ2v) is 3.34. The van der Waals surface area contributed by atoms with Crippen molar-refractivity contribution in [3.8, 4) is 5.75 Å². The Balaban J connectivity index is 2.89. The van der Waals surface area contributed by atoms with Crippen molar-refractivity contribution in [1.29, 1.82) is 5.41 Å². The first-order chi connectivity index (χ1) is 7.20. The van der Waals surface area contributed by atoms with Gasteiger partial charge in [-0.05, 0) is 13.0 Å². The molecule has 1 rings (SSSR count). The third-order valence-electron chi connectivity index (χ3n) is 1.94. The molecule has 1 N–H and O–H groups in total. The van der Waals surface area contributed by atoms with Gasteiger partial charge in [-0.2, -0.15) is 0 Å². The first kappa shape index (κ1) is 11.9. The summed E-state index contributed by atoms with van der Waals surface area (Å²) in [4.78, 5) is 0. The lowest BCUT2D eigenvalue weighted by molar-refractivity contribution is 0.314. The molecule has 0 aromatic heterocycles. The van der Waals surface area contributed by atoms with Gasteiger partial charge in [0.15, 0.2) is 0 Å². The highest BCUT2D eigenvalue weighted by Gasteiger charge is 2.18. The van der Waals surface area contributed by atoms with Gasteiger partial charge in [-0.25, -0.2) is 0 Å². The summed E-state index contributed by atoms with van der Waals surface area (Å²) in [6.45, 7) is 2.26. The summed E-state index contributed by atoms with van der Waals surface area (Å²) in [7, 11) is 1.58. The topological polar surface area (TPSA) is 42.3 Å². The van der Waals surface area contributed by atoms with Crippen LogP contribution >= 0.6 is 11.6 Å². The van der Waals surface area contributed by atoms with Crippen LogP contribution in [0.5, 0.6) is 5.75 Å². The molecule has 0 spiro atoms. The van der Waals surface area contributed by atoms with Gasteiger partial charge in [0.05, 0.1) is 13.7 Å². The SMILES string of the molecule is CCOC(=N)C(Cl)c1ccccc1OC. The molecular formula is C11H14ClNO2. The Kier molecular flexibility index (Phi) is 4.43. The molecule has 0 fully saturated rings. The van der Waals surface area contributed by atoms with E-state index in [0.717, 1.165) is 5.56 Å². The quantitative estimate of drug-likeness (QED) is 0.488. The Morgan fingerprint density at radius 1 is 1.47 bits per heavy atom. The first-order valence-electron chi connectivity index (χ1n) is 4.69. The maximum absolute atomic E-state index is 7.59. The average molecular weight is 228 g/mol. The molecule has 15 heavy (non-hydrogen) atoms. The number of benzene rings is 1. The average Bonchev–Trinajstić information content (AvgIpc) is 2.28. The van der Waals surface area contributed by atoms with E-state index in [1.54, 1.807) is 7.11 Å². The zero-order chi connectivity index (χ0) is 11.3. The van der Waals surface area contributed by atoms with Gasteiger partial charge >= 0.3 is 0 Å². The van der Waals surface area contributed by atoms with Gasteiger partial charge in [-0.15, -0.1) is 11.6 Å². The van der Waals surface area contributed by atoms with Crippen LogP contribution in [-0.4, -0.2) is 19.6 Å². The van der Waals surface area contributed by atoms with Crippen LogP contribution in [0, 0.1) is 5.41 Å². The normalized spacial score (nSPS) is 11.9. The number of nitrogens with one attached hydrogen (secondary N) is 1. The smallest absolute Gasteiger partial charge is 0.203 e. The maximum Gasteiger partial charge on any atom is 0.203 e. The highest BCUT2D eigenvalue weighted by atomic mass is 35.5. The number of hydrogen-bond acceptors (Lipinski definition) is 3. The lowest BCUT2D eigenvalue weighted by Gasteiger charge is -2.14. The van der Waals surface area contributed by atoms with Crippen molar-refractivity contribution >= 4 is 17.5 Å². The lowest BCUT2D eigenvalue weighted by Crippen LogP contribution is -2.11. The van der Waals surface area contributed by atoms with Crippen LogP contribution in [0.2, 0.25) is 0 Å². The molecule has 1 aromatic carbocycles.